The molecule has 1 amide bonds. The van der Waals surface area contributed by atoms with E-state index >= 15 is 0 Å². The Bertz CT molecular complexity index is 525. The van der Waals surface area contributed by atoms with Gasteiger partial charge in [0.2, 0.25) is 5.91 Å². The van der Waals surface area contributed by atoms with Crippen LogP contribution in [-0.4, -0.2) is 44.6 Å². The summed E-state index contributed by atoms with van der Waals surface area (Å²) < 4.78 is 1.29. The molecule has 0 radical (unpaired) electrons. The Hall–Kier alpha value is -1.96. The first-order valence-electron chi connectivity index (χ1n) is 6.51. The van der Waals surface area contributed by atoms with Gasteiger partial charge >= 0.3 is 5.82 Å². The standard InChI is InChI=1S/C12H19N5O3/c1-12(2)8-15(5-3-9(12)13)11(18)7-16-6-4-10(14-16)17(19)20/h4,6,9H,3,5,7-8,13H2,1-2H3. The summed E-state index contributed by atoms with van der Waals surface area (Å²) >= 11 is 0. The lowest BCUT2D eigenvalue weighted by atomic mass is 9.80. The van der Waals surface area contributed by atoms with Gasteiger partial charge in [0.05, 0.1) is 17.4 Å². The molecule has 0 spiro atoms. The van der Waals surface area contributed by atoms with Crippen LogP contribution in [0.1, 0.15) is 20.3 Å². The van der Waals surface area contributed by atoms with Crippen LogP contribution in [0.25, 0.3) is 0 Å². The van der Waals surface area contributed by atoms with Crippen LogP contribution in [0.4, 0.5) is 5.82 Å². The number of aromatic nitrogens is 2. The number of nitro groups is 1. The fourth-order valence-electron chi connectivity index (χ4n) is 2.36. The molecule has 0 saturated carbocycles. The smallest absolute Gasteiger partial charge is 0.358 e. The molecule has 1 atom stereocenters. The Balaban J connectivity index is 1.99. The number of hydrogen-bond donors (Lipinski definition) is 1. The third-order valence-corrected chi connectivity index (χ3v) is 3.78. The summed E-state index contributed by atoms with van der Waals surface area (Å²) in [7, 11) is 0. The molecular weight excluding hydrogens is 262 g/mol. The molecule has 1 aliphatic rings. The number of rotatable bonds is 3. The first-order valence-corrected chi connectivity index (χ1v) is 6.51. The lowest BCUT2D eigenvalue weighted by Crippen LogP contribution is -2.54. The summed E-state index contributed by atoms with van der Waals surface area (Å²) in [5.41, 5.74) is 5.91. The number of amides is 1. The highest BCUT2D eigenvalue weighted by Crippen LogP contribution is 2.27. The summed E-state index contributed by atoms with van der Waals surface area (Å²) in [6.07, 6.45) is 2.20. The van der Waals surface area contributed by atoms with Crippen LogP contribution in [0.3, 0.4) is 0 Å². The van der Waals surface area contributed by atoms with E-state index in [1.807, 2.05) is 13.8 Å². The number of likely N-dealkylation sites (tertiary alicyclic amines) is 1. The van der Waals surface area contributed by atoms with Crippen molar-refractivity contribution in [1.82, 2.24) is 14.7 Å². The van der Waals surface area contributed by atoms with Crippen LogP contribution in [0, 0.1) is 15.5 Å². The largest absolute Gasteiger partial charge is 0.389 e. The lowest BCUT2D eigenvalue weighted by molar-refractivity contribution is -0.389. The molecule has 1 aliphatic heterocycles. The van der Waals surface area contributed by atoms with Crippen molar-refractivity contribution in [2.24, 2.45) is 11.1 Å². The molecule has 1 aromatic rings. The van der Waals surface area contributed by atoms with E-state index in [1.165, 1.54) is 16.9 Å². The van der Waals surface area contributed by atoms with Gasteiger partial charge in [-0.3, -0.25) is 4.79 Å². The van der Waals surface area contributed by atoms with Gasteiger partial charge in [-0.25, -0.2) is 0 Å². The molecule has 0 aromatic carbocycles. The van der Waals surface area contributed by atoms with Crippen molar-refractivity contribution in [2.45, 2.75) is 32.9 Å². The molecule has 1 fully saturated rings. The fraction of sp³-hybridized carbons (Fsp3) is 0.667. The number of piperidine rings is 1. The van der Waals surface area contributed by atoms with Crippen molar-refractivity contribution in [2.75, 3.05) is 13.1 Å². The molecule has 8 nitrogen and oxygen atoms in total. The molecule has 2 rings (SSSR count). The summed E-state index contributed by atoms with van der Waals surface area (Å²) in [6, 6.07) is 1.36. The highest BCUT2D eigenvalue weighted by Gasteiger charge is 2.35. The molecule has 0 aliphatic carbocycles. The zero-order valence-corrected chi connectivity index (χ0v) is 11.7. The van der Waals surface area contributed by atoms with Gasteiger partial charge in [-0.15, -0.1) is 0 Å². The minimum Gasteiger partial charge on any atom is -0.358 e. The topological polar surface area (TPSA) is 107 Å². The van der Waals surface area contributed by atoms with E-state index < -0.39 is 4.92 Å². The normalized spacial score (nSPS) is 21.8. The van der Waals surface area contributed by atoms with E-state index in [1.54, 1.807) is 4.90 Å². The predicted octanol–water partition coefficient (Wildman–Crippen LogP) is 0.377. The van der Waals surface area contributed by atoms with Gasteiger partial charge in [0.1, 0.15) is 6.54 Å². The Labute approximate surface area is 116 Å². The van der Waals surface area contributed by atoms with E-state index in [2.05, 4.69) is 5.10 Å². The first kappa shape index (κ1) is 14.4. The quantitative estimate of drug-likeness (QED) is 0.636. The molecule has 1 unspecified atom stereocenters. The van der Waals surface area contributed by atoms with Crippen molar-refractivity contribution in [3.8, 4) is 0 Å². The lowest BCUT2D eigenvalue weighted by Gasteiger charge is -2.42. The number of nitrogens with zero attached hydrogens (tertiary/aromatic N) is 4. The average Bonchev–Trinajstić information content (AvgIpc) is 2.81. The summed E-state index contributed by atoms with van der Waals surface area (Å²) in [6.45, 7) is 5.30. The molecule has 110 valence electrons. The van der Waals surface area contributed by atoms with Gasteiger partial charge in [0.25, 0.3) is 0 Å². The predicted molar refractivity (Wildman–Crippen MR) is 71.8 cm³/mol. The molecule has 1 saturated heterocycles. The van der Waals surface area contributed by atoms with Crippen molar-refractivity contribution in [1.29, 1.82) is 0 Å². The SMILES string of the molecule is CC1(C)CN(C(=O)Cn2ccc([N+](=O)[O-])n2)CCC1N. The fourth-order valence-corrected chi connectivity index (χ4v) is 2.36. The summed E-state index contributed by atoms with van der Waals surface area (Å²) in [4.78, 5) is 23.9. The molecule has 0 bridgehead atoms. The van der Waals surface area contributed by atoms with Gasteiger partial charge in [0.15, 0.2) is 0 Å². The van der Waals surface area contributed by atoms with Gasteiger partial charge in [-0.2, -0.15) is 4.68 Å². The Morgan fingerprint density at radius 2 is 2.35 bits per heavy atom. The monoisotopic (exact) mass is 281 g/mol. The maximum atomic E-state index is 12.2. The number of hydrogen-bond acceptors (Lipinski definition) is 5. The van der Waals surface area contributed by atoms with Crippen LogP contribution in [0.15, 0.2) is 12.3 Å². The van der Waals surface area contributed by atoms with Gasteiger partial charge in [-0.1, -0.05) is 13.8 Å². The van der Waals surface area contributed by atoms with Gasteiger partial charge in [0, 0.05) is 19.1 Å². The number of carbonyl (C=O) groups is 1. The van der Waals surface area contributed by atoms with Crippen LogP contribution >= 0.6 is 0 Å². The zero-order valence-electron chi connectivity index (χ0n) is 11.7. The Morgan fingerprint density at radius 1 is 1.65 bits per heavy atom. The number of nitrogens with two attached hydrogens (primary N) is 1. The van der Waals surface area contributed by atoms with E-state index in [4.69, 9.17) is 5.73 Å². The zero-order chi connectivity index (χ0) is 14.9. The number of carbonyl (C=O) groups excluding carboxylic acids is 1. The second kappa shape index (κ2) is 5.20. The molecule has 2 N–H and O–H groups in total. The average molecular weight is 281 g/mol. The minimum atomic E-state index is -0.579. The maximum Gasteiger partial charge on any atom is 0.389 e. The Morgan fingerprint density at radius 3 is 2.90 bits per heavy atom. The van der Waals surface area contributed by atoms with Crippen molar-refractivity contribution in [3.63, 3.8) is 0 Å². The van der Waals surface area contributed by atoms with Gasteiger partial charge < -0.3 is 20.7 Å². The van der Waals surface area contributed by atoms with Crippen molar-refractivity contribution in [3.05, 3.63) is 22.4 Å². The van der Waals surface area contributed by atoms with E-state index in [0.717, 1.165) is 6.42 Å². The second-order valence-electron chi connectivity index (χ2n) is 5.83. The minimum absolute atomic E-state index is 0.0131. The molecule has 8 heteroatoms. The van der Waals surface area contributed by atoms with E-state index in [0.29, 0.717) is 13.1 Å². The first-order chi connectivity index (χ1) is 9.29. The highest BCUT2D eigenvalue weighted by molar-refractivity contribution is 5.76. The van der Waals surface area contributed by atoms with Crippen LogP contribution in [0.2, 0.25) is 0 Å². The third-order valence-electron chi connectivity index (χ3n) is 3.78. The van der Waals surface area contributed by atoms with E-state index in [-0.39, 0.29) is 29.7 Å². The molecular formula is C12H19N5O3. The molecule has 1 aromatic heterocycles. The summed E-state index contributed by atoms with van der Waals surface area (Å²) in [5, 5.41) is 14.3. The van der Waals surface area contributed by atoms with Crippen molar-refractivity contribution >= 4 is 11.7 Å². The molecule has 2 heterocycles. The summed E-state index contributed by atoms with van der Waals surface area (Å²) in [5.74, 6) is -0.346. The van der Waals surface area contributed by atoms with Crippen LogP contribution in [0.5, 0.6) is 0 Å². The van der Waals surface area contributed by atoms with Crippen molar-refractivity contribution < 1.29 is 9.72 Å². The highest BCUT2D eigenvalue weighted by atomic mass is 16.6. The Kier molecular flexibility index (Phi) is 3.76. The van der Waals surface area contributed by atoms with Gasteiger partial charge in [-0.05, 0) is 16.8 Å². The van der Waals surface area contributed by atoms with Crippen LogP contribution in [-0.2, 0) is 11.3 Å². The van der Waals surface area contributed by atoms with E-state index in [9.17, 15) is 14.9 Å². The van der Waals surface area contributed by atoms with Crippen LogP contribution < -0.4 is 5.73 Å². The second-order valence-corrected chi connectivity index (χ2v) is 5.83. The molecule has 20 heavy (non-hydrogen) atoms. The maximum absolute atomic E-state index is 12.2. The third kappa shape index (κ3) is 2.96.